The summed E-state index contributed by atoms with van der Waals surface area (Å²) in [4.78, 5) is 25.4. The van der Waals surface area contributed by atoms with Gasteiger partial charge in [0.1, 0.15) is 17.7 Å². The molecule has 1 aliphatic heterocycles. The number of hydrogen-bond acceptors (Lipinski definition) is 5. The number of hydrogen-bond donors (Lipinski definition) is 1. The Bertz CT molecular complexity index is 876. The number of rotatable bonds is 9. The van der Waals surface area contributed by atoms with Crippen molar-refractivity contribution >= 4 is 23.6 Å². The van der Waals surface area contributed by atoms with E-state index in [1.165, 1.54) is 17.0 Å². The minimum Gasteiger partial charge on any atom is -0.484 e. The first-order valence-electron chi connectivity index (χ1n) is 9.75. The van der Waals surface area contributed by atoms with Crippen LogP contribution in [0.3, 0.4) is 0 Å². The van der Waals surface area contributed by atoms with E-state index in [1.54, 1.807) is 0 Å². The molecule has 1 heterocycles. The molecule has 0 radical (unpaired) electrons. The van der Waals surface area contributed by atoms with E-state index in [4.69, 9.17) is 21.1 Å². The second-order valence-corrected chi connectivity index (χ2v) is 7.96. The molecule has 2 aliphatic rings. The van der Waals surface area contributed by atoms with Gasteiger partial charge in [0.05, 0.1) is 17.7 Å². The molecular formula is C20H21ClF4N2O5. The topological polar surface area (TPSA) is 77.1 Å². The van der Waals surface area contributed by atoms with Crippen LogP contribution in [0.15, 0.2) is 30.5 Å². The second kappa shape index (κ2) is 9.95. The number of alkyl halides is 3. The van der Waals surface area contributed by atoms with Crippen LogP contribution in [0.5, 0.6) is 5.75 Å². The summed E-state index contributed by atoms with van der Waals surface area (Å²) in [5.41, 5.74) is 0.333. The van der Waals surface area contributed by atoms with E-state index < -0.39 is 36.4 Å². The maximum atomic E-state index is 13.4. The fraction of sp³-hybridized carbons (Fsp3) is 0.500. The highest BCUT2D eigenvalue weighted by molar-refractivity contribution is 6.30. The van der Waals surface area contributed by atoms with Gasteiger partial charge >= 0.3 is 12.5 Å². The van der Waals surface area contributed by atoms with Gasteiger partial charge in [-0.25, -0.2) is 9.18 Å². The van der Waals surface area contributed by atoms with Crippen molar-refractivity contribution in [1.82, 2.24) is 10.2 Å². The van der Waals surface area contributed by atoms with Gasteiger partial charge in [0, 0.05) is 30.6 Å². The highest BCUT2D eigenvalue weighted by Gasteiger charge is 2.46. The van der Waals surface area contributed by atoms with Crippen molar-refractivity contribution in [2.24, 2.45) is 5.92 Å². The van der Waals surface area contributed by atoms with Crippen LogP contribution >= 0.6 is 11.6 Å². The maximum absolute atomic E-state index is 13.4. The first-order valence-corrected chi connectivity index (χ1v) is 10.1. The van der Waals surface area contributed by atoms with Gasteiger partial charge in [-0.05, 0) is 25.0 Å². The van der Waals surface area contributed by atoms with E-state index in [2.05, 4.69) is 16.6 Å². The van der Waals surface area contributed by atoms with E-state index in [0.29, 0.717) is 5.70 Å². The fourth-order valence-electron chi connectivity index (χ4n) is 3.44. The third-order valence-corrected chi connectivity index (χ3v) is 5.44. The summed E-state index contributed by atoms with van der Waals surface area (Å²) in [5.74, 6) is -1.24. The summed E-state index contributed by atoms with van der Waals surface area (Å²) in [7, 11) is 0. The molecule has 1 aliphatic carbocycles. The Hall–Kier alpha value is -2.53. The van der Waals surface area contributed by atoms with Crippen LogP contribution in [0.1, 0.15) is 19.3 Å². The number of carbonyl (C=O) groups excluding carboxylic acids is 2. The lowest BCUT2D eigenvalue weighted by molar-refractivity contribution is -0.355. The first kappa shape index (κ1) is 24.1. The quantitative estimate of drug-likeness (QED) is 0.540. The summed E-state index contributed by atoms with van der Waals surface area (Å²) in [6, 6.07) is 3.78. The summed E-state index contributed by atoms with van der Waals surface area (Å²) in [5, 5.41) is 2.45. The highest BCUT2D eigenvalue weighted by atomic mass is 35.5. The molecule has 0 spiro atoms. The molecule has 1 aromatic carbocycles. The number of nitrogens with zero attached hydrogens (tertiary/aromatic N) is 1. The third kappa shape index (κ3) is 6.73. The Morgan fingerprint density at radius 1 is 1.34 bits per heavy atom. The fourth-order valence-corrected chi connectivity index (χ4v) is 3.55. The molecule has 2 amide bonds. The smallest absolute Gasteiger partial charge is 0.484 e. The maximum Gasteiger partial charge on any atom is 0.522 e. The monoisotopic (exact) mass is 480 g/mol. The van der Waals surface area contributed by atoms with Crippen LogP contribution in [0, 0.1) is 11.7 Å². The lowest BCUT2D eigenvalue weighted by Gasteiger charge is -2.37. The molecule has 3 rings (SSSR count). The molecule has 1 atom stereocenters. The van der Waals surface area contributed by atoms with Gasteiger partial charge in [-0.2, -0.15) is 0 Å². The van der Waals surface area contributed by atoms with Crippen LogP contribution in [-0.2, 0) is 14.3 Å². The van der Waals surface area contributed by atoms with Gasteiger partial charge in [-0.3, -0.25) is 9.53 Å². The van der Waals surface area contributed by atoms with Crippen molar-refractivity contribution < 1.29 is 41.4 Å². The predicted molar refractivity (Wildman–Crippen MR) is 104 cm³/mol. The number of nitrogens with one attached hydrogen (secondary N) is 1. The number of halogens is 5. The molecule has 1 saturated heterocycles. The molecule has 7 nitrogen and oxygen atoms in total. The molecule has 1 aromatic rings. The molecule has 2 fully saturated rings. The van der Waals surface area contributed by atoms with Gasteiger partial charge in [-0.1, -0.05) is 18.2 Å². The summed E-state index contributed by atoms with van der Waals surface area (Å²) >= 11 is 5.57. The molecule has 1 saturated carbocycles. The molecule has 32 heavy (non-hydrogen) atoms. The molecule has 0 bridgehead atoms. The third-order valence-electron chi connectivity index (χ3n) is 5.13. The van der Waals surface area contributed by atoms with Crippen molar-refractivity contribution in [3.05, 3.63) is 41.3 Å². The number of benzene rings is 1. The van der Waals surface area contributed by atoms with E-state index in [1.807, 2.05) is 0 Å². The largest absolute Gasteiger partial charge is 0.522 e. The standard InChI is InChI=1S/C20H21ClF4N2O5/c1-11(26-18(28)10-30-13-2-3-15(21)16(22)8-13)4-5-27-9-17(31-19(27)29)12-6-14(7-12)32-20(23,24)25/h2-3,8,12,14,17H,1,4-7,9-10H2,(H,26,28)/t12-,14+,17-/m0/s1. The Morgan fingerprint density at radius 3 is 2.72 bits per heavy atom. The first-order chi connectivity index (χ1) is 15.0. The van der Waals surface area contributed by atoms with Gasteiger partial charge in [0.15, 0.2) is 6.61 Å². The van der Waals surface area contributed by atoms with Gasteiger partial charge in [-0.15, -0.1) is 13.2 Å². The van der Waals surface area contributed by atoms with Gasteiger partial charge in [0.25, 0.3) is 5.91 Å². The van der Waals surface area contributed by atoms with Crippen molar-refractivity contribution in [3.8, 4) is 5.75 Å². The predicted octanol–water partition coefficient (Wildman–Crippen LogP) is 4.01. The minimum absolute atomic E-state index is 0.0652. The Morgan fingerprint density at radius 2 is 2.06 bits per heavy atom. The average molecular weight is 481 g/mol. The van der Waals surface area contributed by atoms with Crippen LogP contribution in [0.4, 0.5) is 22.4 Å². The zero-order valence-electron chi connectivity index (χ0n) is 16.8. The Balaban J connectivity index is 1.34. The lowest BCUT2D eigenvalue weighted by atomic mass is 9.78. The van der Waals surface area contributed by atoms with Crippen LogP contribution in [0.25, 0.3) is 0 Å². The van der Waals surface area contributed by atoms with Crippen LogP contribution in [0.2, 0.25) is 5.02 Å². The van der Waals surface area contributed by atoms with E-state index >= 15 is 0 Å². The molecule has 1 N–H and O–H groups in total. The Labute approximate surface area is 186 Å². The summed E-state index contributed by atoms with van der Waals surface area (Å²) in [6.45, 7) is 3.80. The number of cyclic esters (lactones) is 1. The molecule has 0 aromatic heterocycles. The number of carbonyl (C=O) groups is 2. The normalized spacial score (nSPS) is 22.8. The Kier molecular flexibility index (Phi) is 7.50. The minimum atomic E-state index is -4.67. The molecule has 176 valence electrons. The summed E-state index contributed by atoms with van der Waals surface area (Å²) < 4.78 is 64.4. The molecular weight excluding hydrogens is 460 g/mol. The van der Waals surface area contributed by atoms with Crippen molar-refractivity contribution in [3.63, 3.8) is 0 Å². The zero-order valence-corrected chi connectivity index (χ0v) is 17.5. The summed E-state index contributed by atoms with van der Waals surface area (Å²) in [6.07, 6.45) is -6.05. The van der Waals surface area contributed by atoms with E-state index in [9.17, 15) is 27.2 Å². The van der Waals surface area contributed by atoms with Gasteiger partial charge < -0.3 is 19.7 Å². The number of amides is 2. The van der Waals surface area contributed by atoms with Crippen molar-refractivity contribution in [2.75, 3.05) is 19.7 Å². The second-order valence-electron chi connectivity index (χ2n) is 7.55. The number of ether oxygens (including phenoxy) is 3. The van der Waals surface area contributed by atoms with E-state index in [0.717, 1.165) is 6.07 Å². The molecule has 12 heteroatoms. The zero-order chi connectivity index (χ0) is 23.5. The highest BCUT2D eigenvalue weighted by Crippen LogP contribution is 2.39. The SMILES string of the molecule is C=C(CCN1C[C@@H]([C@H]2C[C@@H](OC(F)(F)F)C2)OC1=O)NC(=O)COc1ccc(Cl)c(F)c1. The van der Waals surface area contributed by atoms with Crippen molar-refractivity contribution in [1.29, 1.82) is 0 Å². The van der Waals surface area contributed by atoms with Gasteiger partial charge in [0.2, 0.25) is 0 Å². The van der Waals surface area contributed by atoms with Crippen molar-refractivity contribution in [2.45, 2.75) is 37.8 Å². The average Bonchev–Trinajstić information content (AvgIpc) is 3.03. The molecule has 0 unspecified atom stereocenters. The van der Waals surface area contributed by atoms with Crippen LogP contribution < -0.4 is 10.1 Å². The van der Waals surface area contributed by atoms with Crippen LogP contribution in [-0.4, -0.2) is 55.2 Å². The lowest BCUT2D eigenvalue weighted by Crippen LogP contribution is -2.42. The van der Waals surface area contributed by atoms with E-state index in [-0.39, 0.29) is 55.6 Å².